The molecule has 3 N–H and O–H groups in total. The lowest BCUT2D eigenvalue weighted by Gasteiger charge is -2.30. The number of rotatable bonds is 2. The molecular weight excluding hydrogens is 316 g/mol. The van der Waals surface area contributed by atoms with Gasteiger partial charge in [-0.2, -0.15) is 0 Å². The van der Waals surface area contributed by atoms with Crippen molar-refractivity contribution in [2.75, 3.05) is 36.6 Å². The zero-order valence-electron chi connectivity index (χ0n) is 14.5. The molecule has 0 aliphatic carbocycles. The van der Waals surface area contributed by atoms with Crippen molar-refractivity contribution in [1.29, 1.82) is 0 Å². The highest BCUT2D eigenvalue weighted by Crippen LogP contribution is 2.32. The Morgan fingerprint density at radius 3 is 2.68 bits per heavy atom. The number of benzene rings is 2. The molecule has 0 unspecified atom stereocenters. The zero-order chi connectivity index (χ0) is 18.0. The van der Waals surface area contributed by atoms with Crippen LogP contribution in [0.4, 0.5) is 21.9 Å². The maximum atomic E-state index is 13.0. The first kappa shape index (κ1) is 16.8. The molecule has 25 heavy (non-hydrogen) atoms. The summed E-state index contributed by atoms with van der Waals surface area (Å²) in [6.45, 7) is 0.656. The molecule has 0 spiro atoms. The van der Waals surface area contributed by atoms with Crippen LogP contribution >= 0.6 is 0 Å². The van der Waals surface area contributed by atoms with Crippen LogP contribution in [0.25, 0.3) is 0 Å². The maximum Gasteiger partial charge on any atom is 0.321 e. The van der Waals surface area contributed by atoms with Crippen LogP contribution in [0.5, 0.6) is 0 Å². The number of carbonyl (C=O) groups excluding carboxylic acids is 2. The second-order valence-corrected chi connectivity index (χ2v) is 6.31. The molecule has 1 aliphatic rings. The predicted octanol–water partition coefficient (Wildman–Crippen LogP) is 2.96. The van der Waals surface area contributed by atoms with Crippen LogP contribution in [0.1, 0.15) is 22.3 Å². The van der Waals surface area contributed by atoms with Crippen LogP contribution in [0, 0.1) is 0 Å². The number of hydrogen-bond acceptors (Lipinski definition) is 3. The molecule has 1 heterocycles. The van der Waals surface area contributed by atoms with E-state index >= 15 is 0 Å². The van der Waals surface area contributed by atoms with Crippen molar-refractivity contribution in [1.82, 2.24) is 4.90 Å². The fraction of sp³-hybridized carbons (Fsp3) is 0.263. The van der Waals surface area contributed by atoms with Gasteiger partial charge in [0.05, 0.1) is 0 Å². The number of amides is 3. The van der Waals surface area contributed by atoms with Crippen molar-refractivity contribution in [3.63, 3.8) is 0 Å². The highest BCUT2D eigenvalue weighted by atomic mass is 16.2. The number of nitrogens with one attached hydrogen (secondary N) is 1. The molecule has 0 bridgehead atoms. The maximum absolute atomic E-state index is 13.0. The van der Waals surface area contributed by atoms with Gasteiger partial charge in [0.15, 0.2) is 0 Å². The summed E-state index contributed by atoms with van der Waals surface area (Å²) >= 11 is 0. The number of nitrogens with zero attached hydrogens (tertiary/aromatic N) is 2. The molecule has 3 amide bonds. The number of nitrogens with two attached hydrogens (primary N) is 1. The van der Waals surface area contributed by atoms with Crippen molar-refractivity contribution < 1.29 is 9.59 Å². The second-order valence-electron chi connectivity index (χ2n) is 6.31. The van der Waals surface area contributed by atoms with Crippen LogP contribution in [-0.2, 0) is 6.42 Å². The highest BCUT2D eigenvalue weighted by molar-refractivity contribution is 6.08. The number of nitrogen functional groups attached to an aromatic ring is 1. The quantitative estimate of drug-likeness (QED) is 0.826. The third-order valence-electron chi connectivity index (χ3n) is 4.30. The van der Waals surface area contributed by atoms with Crippen molar-refractivity contribution in [3.05, 3.63) is 53.6 Å². The van der Waals surface area contributed by atoms with E-state index in [0.717, 1.165) is 29.8 Å². The minimum atomic E-state index is -0.235. The summed E-state index contributed by atoms with van der Waals surface area (Å²) in [4.78, 5) is 28.0. The monoisotopic (exact) mass is 338 g/mol. The molecule has 0 saturated heterocycles. The van der Waals surface area contributed by atoms with E-state index in [1.54, 1.807) is 43.3 Å². The summed E-state index contributed by atoms with van der Waals surface area (Å²) in [6.07, 6.45) is 1.76. The number of carbonyl (C=O) groups is 2. The largest absolute Gasteiger partial charge is 0.398 e. The molecule has 130 valence electrons. The molecule has 2 aromatic rings. The second kappa shape index (κ2) is 6.84. The van der Waals surface area contributed by atoms with Gasteiger partial charge in [0, 0.05) is 43.3 Å². The first-order chi connectivity index (χ1) is 12.0. The van der Waals surface area contributed by atoms with Gasteiger partial charge in [0.25, 0.3) is 5.91 Å². The smallest absolute Gasteiger partial charge is 0.321 e. The van der Waals surface area contributed by atoms with E-state index in [4.69, 9.17) is 5.73 Å². The van der Waals surface area contributed by atoms with E-state index in [1.165, 1.54) is 4.90 Å². The Morgan fingerprint density at radius 1 is 1.16 bits per heavy atom. The zero-order valence-corrected chi connectivity index (χ0v) is 14.5. The van der Waals surface area contributed by atoms with Gasteiger partial charge in [-0.1, -0.05) is 12.1 Å². The van der Waals surface area contributed by atoms with Crippen molar-refractivity contribution >= 4 is 29.0 Å². The fourth-order valence-electron chi connectivity index (χ4n) is 2.98. The van der Waals surface area contributed by atoms with Crippen LogP contribution in [0.3, 0.4) is 0 Å². The summed E-state index contributed by atoms with van der Waals surface area (Å²) in [6, 6.07) is 12.4. The summed E-state index contributed by atoms with van der Waals surface area (Å²) in [5.41, 5.74) is 9.81. The fourth-order valence-corrected chi connectivity index (χ4v) is 2.98. The molecule has 0 fully saturated rings. The first-order valence-corrected chi connectivity index (χ1v) is 8.25. The van der Waals surface area contributed by atoms with Crippen LogP contribution in [0.15, 0.2) is 42.5 Å². The first-order valence-electron chi connectivity index (χ1n) is 8.25. The normalized spacial score (nSPS) is 13.1. The minimum Gasteiger partial charge on any atom is -0.398 e. The average Bonchev–Trinajstić information content (AvgIpc) is 2.61. The van der Waals surface area contributed by atoms with Crippen LogP contribution in [-0.4, -0.2) is 37.5 Å². The molecule has 0 radical (unpaired) electrons. The van der Waals surface area contributed by atoms with E-state index in [2.05, 4.69) is 5.32 Å². The third-order valence-corrected chi connectivity index (χ3v) is 4.30. The van der Waals surface area contributed by atoms with E-state index in [9.17, 15) is 9.59 Å². The van der Waals surface area contributed by atoms with Crippen LogP contribution in [0.2, 0.25) is 0 Å². The molecule has 1 aliphatic heterocycles. The lowest BCUT2D eigenvalue weighted by molar-refractivity contribution is 0.0985. The highest BCUT2D eigenvalue weighted by Gasteiger charge is 2.24. The SMILES string of the molecule is CN(C)C(=O)Nc1cccc(C(=O)N2CCCc3c(N)cccc32)c1. The Labute approximate surface area is 147 Å². The van der Waals surface area contributed by atoms with Gasteiger partial charge in [-0.15, -0.1) is 0 Å². The van der Waals surface area contributed by atoms with Gasteiger partial charge in [-0.25, -0.2) is 4.79 Å². The third kappa shape index (κ3) is 3.42. The summed E-state index contributed by atoms with van der Waals surface area (Å²) in [7, 11) is 3.33. The van der Waals surface area contributed by atoms with Gasteiger partial charge in [-0.05, 0) is 48.7 Å². The van der Waals surface area contributed by atoms with Gasteiger partial charge < -0.3 is 20.9 Å². The molecule has 6 nitrogen and oxygen atoms in total. The average molecular weight is 338 g/mol. The Morgan fingerprint density at radius 2 is 1.92 bits per heavy atom. The van der Waals surface area contributed by atoms with Crippen LogP contribution < -0.4 is 16.0 Å². The molecule has 0 aromatic heterocycles. The lowest BCUT2D eigenvalue weighted by atomic mass is 9.99. The molecule has 2 aromatic carbocycles. The molecule has 3 rings (SSSR count). The van der Waals surface area contributed by atoms with E-state index in [0.29, 0.717) is 17.8 Å². The number of fused-ring (bicyclic) bond motifs is 1. The predicted molar refractivity (Wildman–Crippen MR) is 100.0 cm³/mol. The van der Waals surface area contributed by atoms with E-state index in [-0.39, 0.29) is 11.9 Å². The van der Waals surface area contributed by atoms with Gasteiger partial charge >= 0.3 is 6.03 Å². The van der Waals surface area contributed by atoms with Crippen molar-refractivity contribution in [2.45, 2.75) is 12.8 Å². The van der Waals surface area contributed by atoms with E-state index < -0.39 is 0 Å². The number of hydrogen-bond donors (Lipinski definition) is 2. The van der Waals surface area contributed by atoms with Crippen molar-refractivity contribution in [2.24, 2.45) is 0 Å². The number of urea groups is 1. The van der Waals surface area contributed by atoms with E-state index in [1.807, 2.05) is 18.2 Å². The van der Waals surface area contributed by atoms with Gasteiger partial charge in [0.2, 0.25) is 0 Å². The molecular formula is C19H22N4O2. The Kier molecular flexibility index (Phi) is 4.61. The standard InChI is InChI=1S/C19H22N4O2/c1-22(2)19(25)21-14-7-3-6-13(12-14)18(24)23-11-5-8-15-16(20)9-4-10-17(15)23/h3-4,6-7,9-10,12H,5,8,11,20H2,1-2H3,(H,21,25). The minimum absolute atomic E-state index is 0.0903. The topological polar surface area (TPSA) is 78.7 Å². The van der Waals surface area contributed by atoms with Crippen molar-refractivity contribution in [3.8, 4) is 0 Å². The Balaban J connectivity index is 1.88. The molecule has 6 heteroatoms. The molecule has 0 atom stereocenters. The summed E-state index contributed by atoms with van der Waals surface area (Å²) < 4.78 is 0. The van der Waals surface area contributed by atoms with Gasteiger partial charge in [0.1, 0.15) is 0 Å². The summed E-state index contributed by atoms with van der Waals surface area (Å²) in [5.74, 6) is -0.0903. The van der Waals surface area contributed by atoms with Gasteiger partial charge in [-0.3, -0.25) is 4.79 Å². The Hall–Kier alpha value is -3.02. The number of anilines is 3. The lowest BCUT2D eigenvalue weighted by Crippen LogP contribution is -2.35. The summed E-state index contributed by atoms with van der Waals surface area (Å²) in [5, 5.41) is 2.76. The Bertz CT molecular complexity index is 817. The molecule has 0 saturated carbocycles.